The highest BCUT2D eigenvalue weighted by atomic mass is 16.5. The van der Waals surface area contributed by atoms with Crippen LogP contribution in [0.5, 0.6) is 23.5 Å². The van der Waals surface area contributed by atoms with Crippen LogP contribution in [0.3, 0.4) is 0 Å². The molecule has 108 valence electrons. The summed E-state index contributed by atoms with van der Waals surface area (Å²) in [4.78, 5) is 29.6. The lowest BCUT2D eigenvalue weighted by Crippen LogP contribution is -1.99. The summed E-state index contributed by atoms with van der Waals surface area (Å²) in [5.74, 6) is 0.703. The summed E-state index contributed by atoms with van der Waals surface area (Å²) >= 11 is 0. The monoisotopic (exact) mass is 288 g/mol. The molecule has 0 aromatic carbocycles. The Morgan fingerprint density at radius 1 is 0.810 bits per heavy atom. The van der Waals surface area contributed by atoms with Gasteiger partial charge in [-0.3, -0.25) is 9.59 Å². The predicted octanol–water partition coefficient (Wildman–Crippen LogP) is 1.91. The van der Waals surface area contributed by atoms with Crippen molar-refractivity contribution in [3.05, 3.63) is 35.4 Å². The molecule has 0 aliphatic heterocycles. The number of aromatic nitrogens is 2. The number of hydrogen-bond acceptors (Lipinski definition) is 7. The van der Waals surface area contributed by atoms with Crippen molar-refractivity contribution < 1.29 is 23.8 Å². The first-order valence-corrected chi connectivity index (χ1v) is 5.90. The summed E-state index contributed by atoms with van der Waals surface area (Å²) in [5, 5.41) is 0. The number of carbonyl (C=O) groups excluding carboxylic acids is 2. The summed E-state index contributed by atoms with van der Waals surface area (Å²) in [6.45, 7) is 0. The molecular formula is C14H12N2O5. The summed E-state index contributed by atoms with van der Waals surface area (Å²) in [6.07, 6.45) is 1.27. The number of aldehydes is 2. The molecule has 2 heterocycles. The maximum Gasteiger partial charge on any atom is 0.227 e. The van der Waals surface area contributed by atoms with Gasteiger partial charge in [0.05, 0.1) is 25.3 Å². The number of ether oxygens (including phenoxy) is 3. The smallest absolute Gasteiger partial charge is 0.227 e. The topological polar surface area (TPSA) is 87.6 Å². The van der Waals surface area contributed by atoms with Crippen molar-refractivity contribution in [2.24, 2.45) is 0 Å². The van der Waals surface area contributed by atoms with E-state index in [1.165, 1.54) is 38.5 Å². The molecule has 7 nitrogen and oxygen atoms in total. The number of hydrogen-bond donors (Lipinski definition) is 0. The van der Waals surface area contributed by atoms with E-state index < -0.39 is 0 Å². The first kappa shape index (κ1) is 14.4. The molecule has 0 saturated carbocycles. The molecule has 0 atom stereocenters. The molecule has 2 rings (SSSR count). The summed E-state index contributed by atoms with van der Waals surface area (Å²) in [6, 6.07) is 6.05. The van der Waals surface area contributed by atoms with Gasteiger partial charge in [-0.15, -0.1) is 0 Å². The van der Waals surface area contributed by atoms with Crippen LogP contribution in [-0.2, 0) is 0 Å². The molecule has 2 aromatic rings. The van der Waals surface area contributed by atoms with Gasteiger partial charge in [0, 0.05) is 12.1 Å². The van der Waals surface area contributed by atoms with Gasteiger partial charge in [0.25, 0.3) is 0 Å². The quantitative estimate of drug-likeness (QED) is 0.750. The second kappa shape index (κ2) is 6.47. The zero-order valence-electron chi connectivity index (χ0n) is 11.4. The molecule has 0 unspecified atom stereocenters. The van der Waals surface area contributed by atoms with Crippen LogP contribution in [-0.4, -0.2) is 36.8 Å². The fourth-order valence-corrected chi connectivity index (χ4v) is 1.60. The number of methoxy groups -OCH3 is 2. The molecule has 21 heavy (non-hydrogen) atoms. The number of pyridine rings is 2. The van der Waals surface area contributed by atoms with Crippen LogP contribution < -0.4 is 14.2 Å². The molecule has 0 aliphatic rings. The number of nitrogens with zero attached hydrogens (tertiary/aromatic N) is 2. The Kier molecular flexibility index (Phi) is 4.45. The highest BCUT2D eigenvalue weighted by Crippen LogP contribution is 2.25. The average Bonchev–Trinajstić information content (AvgIpc) is 2.54. The van der Waals surface area contributed by atoms with E-state index >= 15 is 0 Å². The fraction of sp³-hybridized carbons (Fsp3) is 0.143. The third-order valence-electron chi connectivity index (χ3n) is 2.58. The van der Waals surface area contributed by atoms with Crippen LogP contribution in [0.2, 0.25) is 0 Å². The first-order valence-electron chi connectivity index (χ1n) is 5.90. The molecule has 7 heteroatoms. The van der Waals surface area contributed by atoms with E-state index in [9.17, 15) is 9.59 Å². The van der Waals surface area contributed by atoms with Crippen molar-refractivity contribution in [1.82, 2.24) is 9.97 Å². The standard InChI is InChI=1S/C14H12N2O5/c1-19-13-9(7-17)3-5-11(15-13)21-12-6-4-10(8-18)14(16-12)20-2/h3-8H,1-2H3. The van der Waals surface area contributed by atoms with Gasteiger partial charge in [-0.25, -0.2) is 0 Å². The maximum atomic E-state index is 10.8. The number of carbonyl (C=O) groups is 2. The predicted molar refractivity (Wildman–Crippen MR) is 72.4 cm³/mol. The van der Waals surface area contributed by atoms with Crippen LogP contribution in [0, 0.1) is 0 Å². The average molecular weight is 288 g/mol. The van der Waals surface area contributed by atoms with Crippen molar-refractivity contribution in [1.29, 1.82) is 0 Å². The van der Waals surface area contributed by atoms with E-state index in [-0.39, 0.29) is 23.5 Å². The lowest BCUT2D eigenvalue weighted by atomic mass is 10.3. The minimum atomic E-state index is 0.152. The Balaban J connectivity index is 2.29. The molecule has 0 spiro atoms. The van der Waals surface area contributed by atoms with Gasteiger partial charge in [-0.05, 0) is 12.1 Å². The van der Waals surface area contributed by atoms with Crippen molar-refractivity contribution in [2.45, 2.75) is 0 Å². The van der Waals surface area contributed by atoms with E-state index in [0.717, 1.165) is 0 Å². The normalized spacial score (nSPS) is 9.81. The van der Waals surface area contributed by atoms with Crippen molar-refractivity contribution in [3.8, 4) is 23.5 Å². The molecule has 0 saturated heterocycles. The molecule has 0 amide bonds. The van der Waals surface area contributed by atoms with Crippen LogP contribution in [0.4, 0.5) is 0 Å². The van der Waals surface area contributed by atoms with Gasteiger partial charge < -0.3 is 14.2 Å². The van der Waals surface area contributed by atoms with E-state index in [0.29, 0.717) is 23.7 Å². The molecule has 0 aliphatic carbocycles. The molecule has 0 radical (unpaired) electrons. The van der Waals surface area contributed by atoms with Crippen LogP contribution in [0.15, 0.2) is 24.3 Å². The minimum Gasteiger partial charge on any atom is -0.480 e. The highest BCUT2D eigenvalue weighted by Gasteiger charge is 2.10. The second-order valence-corrected chi connectivity index (χ2v) is 3.83. The van der Waals surface area contributed by atoms with Crippen LogP contribution in [0.25, 0.3) is 0 Å². The third kappa shape index (κ3) is 3.14. The van der Waals surface area contributed by atoms with Gasteiger partial charge in [0.2, 0.25) is 23.5 Å². The van der Waals surface area contributed by atoms with Gasteiger partial charge in [0.15, 0.2) is 12.6 Å². The molecule has 0 fully saturated rings. The Morgan fingerprint density at radius 2 is 1.24 bits per heavy atom. The highest BCUT2D eigenvalue weighted by molar-refractivity contribution is 5.78. The Morgan fingerprint density at radius 3 is 1.57 bits per heavy atom. The molecule has 2 aromatic heterocycles. The van der Waals surface area contributed by atoms with Crippen molar-refractivity contribution in [3.63, 3.8) is 0 Å². The number of rotatable bonds is 6. The summed E-state index contributed by atoms with van der Waals surface area (Å²) in [5.41, 5.74) is 0.624. The van der Waals surface area contributed by atoms with Crippen LogP contribution >= 0.6 is 0 Å². The van der Waals surface area contributed by atoms with Crippen LogP contribution in [0.1, 0.15) is 20.7 Å². The van der Waals surface area contributed by atoms with E-state index in [1.807, 2.05) is 0 Å². The lowest BCUT2D eigenvalue weighted by Gasteiger charge is -2.08. The Bertz CT molecular complexity index is 615. The summed E-state index contributed by atoms with van der Waals surface area (Å²) in [7, 11) is 2.80. The largest absolute Gasteiger partial charge is 0.480 e. The molecular weight excluding hydrogens is 276 g/mol. The van der Waals surface area contributed by atoms with Gasteiger partial charge in [-0.1, -0.05) is 0 Å². The lowest BCUT2D eigenvalue weighted by molar-refractivity contribution is 0.111. The Labute approximate surface area is 120 Å². The SMILES string of the molecule is COc1nc(Oc2ccc(C=O)c(OC)n2)ccc1C=O. The van der Waals surface area contributed by atoms with Gasteiger partial charge in [-0.2, -0.15) is 9.97 Å². The third-order valence-corrected chi connectivity index (χ3v) is 2.58. The second-order valence-electron chi connectivity index (χ2n) is 3.83. The van der Waals surface area contributed by atoms with Gasteiger partial charge >= 0.3 is 0 Å². The zero-order chi connectivity index (χ0) is 15.2. The summed E-state index contributed by atoms with van der Waals surface area (Å²) < 4.78 is 15.4. The molecule has 0 N–H and O–H groups in total. The fourth-order valence-electron chi connectivity index (χ4n) is 1.60. The Hall–Kier alpha value is -2.96. The van der Waals surface area contributed by atoms with E-state index in [4.69, 9.17) is 14.2 Å². The van der Waals surface area contributed by atoms with E-state index in [2.05, 4.69) is 9.97 Å². The molecule has 0 bridgehead atoms. The first-order chi connectivity index (χ1) is 10.2. The van der Waals surface area contributed by atoms with Gasteiger partial charge in [0.1, 0.15) is 0 Å². The van der Waals surface area contributed by atoms with Crippen molar-refractivity contribution in [2.75, 3.05) is 14.2 Å². The van der Waals surface area contributed by atoms with Crippen molar-refractivity contribution >= 4 is 12.6 Å². The maximum absolute atomic E-state index is 10.8. The minimum absolute atomic E-state index is 0.152. The zero-order valence-corrected chi connectivity index (χ0v) is 11.4. The van der Waals surface area contributed by atoms with E-state index in [1.54, 1.807) is 0 Å².